The largest absolute Gasteiger partial charge is 0.466 e. The van der Waals surface area contributed by atoms with Crippen molar-refractivity contribution in [3.63, 3.8) is 0 Å². The summed E-state index contributed by atoms with van der Waals surface area (Å²) >= 11 is 0. The maximum atomic E-state index is 11.3. The van der Waals surface area contributed by atoms with Gasteiger partial charge in [0.1, 0.15) is 0 Å². The van der Waals surface area contributed by atoms with Crippen LogP contribution in [0.5, 0.6) is 0 Å². The van der Waals surface area contributed by atoms with E-state index in [4.69, 9.17) is 4.74 Å². The topological polar surface area (TPSA) is 38.3 Å². The molecule has 0 amide bonds. The summed E-state index contributed by atoms with van der Waals surface area (Å²) in [4.78, 5) is 11.3. The molecule has 0 unspecified atom stereocenters. The zero-order chi connectivity index (χ0) is 12.7. The van der Waals surface area contributed by atoms with Crippen LogP contribution >= 0.6 is 0 Å². The first-order valence-corrected chi connectivity index (χ1v) is 6.10. The number of hydrogen-bond acceptors (Lipinski definition) is 3. The summed E-state index contributed by atoms with van der Waals surface area (Å²) in [6, 6.07) is 10.5. The van der Waals surface area contributed by atoms with Gasteiger partial charge in [-0.1, -0.05) is 30.3 Å². The molecule has 0 spiro atoms. The summed E-state index contributed by atoms with van der Waals surface area (Å²) in [6.07, 6.45) is 0.408. The van der Waals surface area contributed by atoms with Gasteiger partial charge >= 0.3 is 5.97 Å². The van der Waals surface area contributed by atoms with E-state index in [-0.39, 0.29) is 18.1 Å². The van der Waals surface area contributed by atoms with E-state index in [2.05, 4.69) is 24.4 Å². The number of nitrogens with one attached hydrogen (secondary N) is 1. The maximum Gasteiger partial charge on any atom is 0.307 e. The van der Waals surface area contributed by atoms with E-state index >= 15 is 0 Å². The van der Waals surface area contributed by atoms with E-state index < -0.39 is 0 Å². The molecule has 0 heterocycles. The Morgan fingerprint density at radius 3 is 2.53 bits per heavy atom. The van der Waals surface area contributed by atoms with Crippen molar-refractivity contribution in [2.75, 3.05) is 6.61 Å². The van der Waals surface area contributed by atoms with E-state index in [9.17, 15) is 4.79 Å². The Hall–Kier alpha value is -1.35. The van der Waals surface area contributed by atoms with Crippen molar-refractivity contribution >= 4 is 5.97 Å². The zero-order valence-electron chi connectivity index (χ0n) is 10.8. The monoisotopic (exact) mass is 235 g/mol. The Bertz CT molecular complexity index is 337. The summed E-state index contributed by atoms with van der Waals surface area (Å²) < 4.78 is 4.92. The standard InChI is InChI=1S/C14H21NO2/c1-4-17-14(16)10-11(2)15-12(3)13-8-6-5-7-9-13/h5-9,11-12,15H,4,10H2,1-3H3/t11-,12-/m0/s1. The number of carbonyl (C=O) groups is 1. The molecule has 0 aliphatic carbocycles. The first kappa shape index (κ1) is 13.7. The van der Waals surface area contributed by atoms with Gasteiger partial charge in [-0.3, -0.25) is 4.79 Å². The molecule has 0 bridgehead atoms. The van der Waals surface area contributed by atoms with Crippen LogP contribution in [0, 0.1) is 0 Å². The quantitative estimate of drug-likeness (QED) is 0.770. The highest BCUT2D eigenvalue weighted by Gasteiger charge is 2.13. The van der Waals surface area contributed by atoms with E-state index in [1.807, 2.05) is 32.0 Å². The Balaban J connectivity index is 2.41. The Labute approximate surface area is 103 Å². The SMILES string of the molecule is CCOC(=O)C[C@H](C)N[C@@H](C)c1ccccc1. The van der Waals surface area contributed by atoms with Crippen molar-refractivity contribution in [1.29, 1.82) is 0 Å². The molecule has 1 aromatic carbocycles. The number of hydrogen-bond donors (Lipinski definition) is 1. The average molecular weight is 235 g/mol. The first-order valence-electron chi connectivity index (χ1n) is 6.10. The fourth-order valence-electron chi connectivity index (χ4n) is 1.79. The minimum absolute atomic E-state index is 0.115. The van der Waals surface area contributed by atoms with E-state index in [1.165, 1.54) is 5.56 Å². The van der Waals surface area contributed by atoms with Crippen LogP contribution < -0.4 is 5.32 Å². The average Bonchev–Trinajstić information content (AvgIpc) is 2.30. The number of esters is 1. The fourth-order valence-corrected chi connectivity index (χ4v) is 1.79. The van der Waals surface area contributed by atoms with Gasteiger partial charge in [0.05, 0.1) is 13.0 Å². The molecule has 3 heteroatoms. The van der Waals surface area contributed by atoms with Crippen molar-refractivity contribution in [3.05, 3.63) is 35.9 Å². The second-order valence-electron chi connectivity index (χ2n) is 4.21. The number of rotatable bonds is 6. The van der Waals surface area contributed by atoms with Crippen molar-refractivity contribution in [2.45, 2.75) is 39.3 Å². The molecule has 1 aromatic rings. The van der Waals surface area contributed by atoms with Crippen LogP contribution in [0.25, 0.3) is 0 Å². The normalized spacial score (nSPS) is 14.1. The molecule has 1 N–H and O–H groups in total. The van der Waals surface area contributed by atoms with Gasteiger partial charge in [-0.25, -0.2) is 0 Å². The van der Waals surface area contributed by atoms with Crippen LogP contribution in [0.2, 0.25) is 0 Å². The van der Waals surface area contributed by atoms with Gasteiger partial charge in [0, 0.05) is 12.1 Å². The third kappa shape index (κ3) is 5.00. The molecule has 94 valence electrons. The fraction of sp³-hybridized carbons (Fsp3) is 0.500. The highest BCUT2D eigenvalue weighted by Crippen LogP contribution is 2.12. The van der Waals surface area contributed by atoms with Crippen molar-refractivity contribution < 1.29 is 9.53 Å². The van der Waals surface area contributed by atoms with Crippen LogP contribution in [0.1, 0.15) is 38.8 Å². The highest BCUT2D eigenvalue weighted by molar-refractivity contribution is 5.70. The molecule has 0 saturated heterocycles. The lowest BCUT2D eigenvalue weighted by Crippen LogP contribution is -2.31. The van der Waals surface area contributed by atoms with Crippen LogP contribution in [0.3, 0.4) is 0 Å². The van der Waals surface area contributed by atoms with Crippen LogP contribution in [-0.2, 0) is 9.53 Å². The number of carbonyl (C=O) groups excluding carboxylic acids is 1. The summed E-state index contributed by atoms with van der Waals surface area (Å²) in [5, 5.41) is 3.38. The summed E-state index contributed by atoms with van der Waals surface area (Å²) in [6.45, 7) is 6.36. The van der Waals surface area contributed by atoms with Gasteiger partial charge in [-0.15, -0.1) is 0 Å². The van der Waals surface area contributed by atoms with Crippen LogP contribution in [-0.4, -0.2) is 18.6 Å². The van der Waals surface area contributed by atoms with E-state index in [0.717, 1.165) is 0 Å². The molecule has 0 aliphatic heterocycles. The highest BCUT2D eigenvalue weighted by atomic mass is 16.5. The molecule has 2 atom stereocenters. The van der Waals surface area contributed by atoms with Crippen molar-refractivity contribution in [3.8, 4) is 0 Å². The molecule has 1 rings (SSSR count). The lowest BCUT2D eigenvalue weighted by molar-refractivity contribution is -0.143. The van der Waals surface area contributed by atoms with Gasteiger partial charge in [-0.05, 0) is 26.3 Å². The molecule has 0 aliphatic rings. The Kier molecular flexibility index (Phi) is 5.70. The summed E-state index contributed by atoms with van der Waals surface area (Å²) in [7, 11) is 0. The number of benzene rings is 1. The number of ether oxygens (including phenoxy) is 1. The summed E-state index contributed by atoms with van der Waals surface area (Å²) in [5.74, 6) is -0.146. The first-order chi connectivity index (χ1) is 8.13. The van der Waals surface area contributed by atoms with Gasteiger partial charge < -0.3 is 10.1 Å². The molecule has 0 aromatic heterocycles. The van der Waals surface area contributed by atoms with Crippen LogP contribution in [0.4, 0.5) is 0 Å². The molecule has 0 fully saturated rings. The molecule has 0 saturated carbocycles. The Morgan fingerprint density at radius 2 is 1.94 bits per heavy atom. The van der Waals surface area contributed by atoms with Crippen molar-refractivity contribution in [1.82, 2.24) is 5.32 Å². The van der Waals surface area contributed by atoms with E-state index in [1.54, 1.807) is 0 Å². The molecular weight excluding hydrogens is 214 g/mol. The Morgan fingerprint density at radius 1 is 1.29 bits per heavy atom. The predicted molar refractivity (Wildman–Crippen MR) is 68.7 cm³/mol. The predicted octanol–water partition coefficient (Wildman–Crippen LogP) is 2.68. The molecule has 0 radical (unpaired) electrons. The second-order valence-corrected chi connectivity index (χ2v) is 4.21. The smallest absolute Gasteiger partial charge is 0.307 e. The lowest BCUT2D eigenvalue weighted by Gasteiger charge is -2.19. The second kappa shape index (κ2) is 7.07. The molecule has 3 nitrogen and oxygen atoms in total. The molecular formula is C14H21NO2. The van der Waals surface area contributed by atoms with Gasteiger partial charge in [0.25, 0.3) is 0 Å². The van der Waals surface area contributed by atoms with Crippen molar-refractivity contribution in [2.24, 2.45) is 0 Å². The zero-order valence-corrected chi connectivity index (χ0v) is 10.8. The van der Waals surface area contributed by atoms with Gasteiger partial charge in [0.2, 0.25) is 0 Å². The lowest BCUT2D eigenvalue weighted by atomic mass is 10.1. The molecule has 17 heavy (non-hydrogen) atoms. The minimum atomic E-state index is -0.146. The van der Waals surface area contributed by atoms with Crippen LogP contribution in [0.15, 0.2) is 30.3 Å². The van der Waals surface area contributed by atoms with Gasteiger partial charge in [-0.2, -0.15) is 0 Å². The summed E-state index contributed by atoms with van der Waals surface area (Å²) in [5.41, 5.74) is 1.23. The maximum absolute atomic E-state index is 11.3. The third-order valence-electron chi connectivity index (χ3n) is 2.61. The van der Waals surface area contributed by atoms with E-state index in [0.29, 0.717) is 13.0 Å². The third-order valence-corrected chi connectivity index (χ3v) is 2.61. The van der Waals surface area contributed by atoms with Gasteiger partial charge in [0.15, 0.2) is 0 Å². The minimum Gasteiger partial charge on any atom is -0.466 e.